The van der Waals surface area contributed by atoms with Crippen LogP contribution in [0.5, 0.6) is 5.75 Å². The van der Waals surface area contributed by atoms with Gasteiger partial charge in [0, 0.05) is 17.7 Å². The molecule has 8 heteroatoms. The third-order valence-electron chi connectivity index (χ3n) is 4.61. The number of aromatic nitrogens is 2. The van der Waals surface area contributed by atoms with Gasteiger partial charge >= 0.3 is 5.97 Å². The van der Waals surface area contributed by atoms with E-state index >= 15 is 0 Å². The number of rotatable bonds is 10. The molecule has 0 aliphatic rings. The van der Waals surface area contributed by atoms with E-state index in [9.17, 15) is 18.7 Å². The number of hydrogen-bond acceptors (Lipinski definition) is 5. The molecular weight excluding hydrogens is 404 g/mol. The molecule has 0 aliphatic heterocycles. The number of carboxylic acids is 1. The molecule has 1 heterocycles. The lowest BCUT2D eigenvalue weighted by Gasteiger charge is -2.15. The number of nitrogens with zero attached hydrogens (tertiary/aromatic N) is 2. The van der Waals surface area contributed by atoms with Crippen LogP contribution in [0, 0.1) is 11.6 Å². The summed E-state index contributed by atoms with van der Waals surface area (Å²) in [4.78, 5) is 19.8. The Balaban J connectivity index is 1.66. The van der Waals surface area contributed by atoms with Crippen LogP contribution in [-0.4, -0.2) is 27.1 Å². The van der Waals surface area contributed by atoms with Crippen LogP contribution in [0.4, 0.5) is 14.6 Å². The summed E-state index contributed by atoms with van der Waals surface area (Å²) in [6.07, 6.45) is 3.58. The molecule has 0 amide bonds. The van der Waals surface area contributed by atoms with Gasteiger partial charge in [-0.05, 0) is 48.4 Å². The zero-order valence-electron chi connectivity index (χ0n) is 17.0. The standard InChI is InChI=1S/C23H23F2N3O3/c1-2-3-4-20(23(29)30)28-22-12-21(26-14-27-22)16-5-7-19(8-6-16)31-13-15-9-17(24)11-18(25)10-15/h5-12,14,20H,2-4,13H2,1H3,(H,29,30)(H,26,27,28). The average molecular weight is 427 g/mol. The van der Waals surface area contributed by atoms with Gasteiger partial charge in [-0.1, -0.05) is 19.8 Å². The van der Waals surface area contributed by atoms with Crippen molar-refractivity contribution in [3.05, 3.63) is 72.1 Å². The monoisotopic (exact) mass is 427 g/mol. The van der Waals surface area contributed by atoms with Gasteiger partial charge in [0.25, 0.3) is 0 Å². The van der Waals surface area contributed by atoms with Crippen LogP contribution in [0.25, 0.3) is 11.3 Å². The number of halogens is 2. The summed E-state index contributed by atoms with van der Waals surface area (Å²) in [5.74, 6) is -1.26. The van der Waals surface area contributed by atoms with Crippen LogP contribution in [0.15, 0.2) is 54.9 Å². The molecule has 0 aliphatic carbocycles. The van der Waals surface area contributed by atoms with E-state index in [4.69, 9.17) is 4.74 Å². The first kappa shape index (κ1) is 22.1. The van der Waals surface area contributed by atoms with E-state index in [0.717, 1.165) is 24.5 Å². The normalized spacial score (nSPS) is 11.7. The van der Waals surface area contributed by atoms with Crippen molar-refractivity contribution >= 4 is 11.8 Å². The van der Waals surface area contributed by atoms with Gasteiger partial charge in [0.15, 0.2) is 0 Å². The third kappa shape index (κ3) is 6.47. The van der Waals surface area contributed by atoms with Crippen molar-refractivity contribution in [2.24, 2.45) is 0 Å². The molecule has 1 aromatic heterocycles. The van der Waals surface area contributed by atoms with E-state index < -0.39 is 23.6 Å². The lowest BCUT2D eigenvalue weighted by molar-refractivity contribution is -0.138. The first-order valence-electron chi connectivity index (χ1n) is 9.94. The minimum atomic E-state index is -0.923. The minimum Gasteiger partial charge on any atom is -0.489 e. The highest BCUT2D eigenvalue weighted by atomic mass is 19.1. The molecule has 1 atom stereocenters. The summed E-state index contributed by atoms with van der Waals surface area (Å²) < 4.78 is 32.1. The van der Waals surface area contributed by atoms with Crippen molar-refractivity contribution in [1.29, 1.82) is 0 Å². The van der Waals surface area contributed by atoms with E-state index in [1.165, 1.54) is 18.5 Å². The molecule has 0 saturated carbocycles. The van der Waals surface area contributed by atoms with Gasteiger partial charge in [0.05, 0.1) is 5.69 Å². The number of aliphatic carboxylic acids is 1. The van der Waals surface area contributed by atoms with Crippen molar-refractivity contribution in [3.63, 3.8) is 0 Å². The number of benzene rings is 2. The van der Waals surface area contributed by atoms with Crippen LogP contribution in [0.2, 0.25) is 0 Å². The smallest absolute Gasteiger partial charge is 0.326 e. The molecule has 162 valence electrons. The molecule has 0 radical (unpaired) electrons. The maximum atomic E-state index is 13.3. The van der Waals surface area contributed by atoms with Crippen molar-refractivity contribution in [1.82, 2.24) is 9.97 Å². The third-order valence-corrected chi connectivity index (χ3v) is 4.61. The predicted octanol–water partition coefficient (Wildman–Crippen LogP) is 5.06. The van der Waals surface area contributed by atoms with E-state index in [1.54, 1.807) is 30.3 Å². The van der Waals surface area contributed by atoms with Crippen LogP contribution in [0.3, 0.4) is 0 Å². The predicted molar refractivity (Wildman–Crippen MR) is 113 cm³/mol. The van der Waals surface area contributed by atoms with Crippen molar-refractivity contribution in [3.8, 4) is 17.0 Å². The van der Waals surface area contributed by atoms with Crippen LogP contribution in [-0.2, 0) is 11.4 Å². The second-order valence-corrected chi connectivity index (χ2v) is 7.06. The highest BCUT2D eigenvalue weighted by Crippen LogP contribution is 2.23. The molecule has 0 saturated heterocycles. The SMILES string of the molecule is CCCCC(Nc1cc(-c2ccc(OCc3cc(F)cc(F)c3)cc2)ncn1)C(=O)O. The highest BCUT2D eigenvalue weighted by molar-refractivity contribution is 5.77. The second kappa shape index (κ2) is 10.5. The Morgan fingerprint density at radius 3 is 2.45 bits per heavy atom. The van der Waals surface area contributed by atoms with E-state index in [2.05, 4.69) is 15.3 Å². The maximum Gasteiger partial charge on any atom is 0.326 e. The fraction of sp³-hybridized carbons (Fsp3) is 0.261. The topological polar surface area (TPSA) is 84.3 Å². The first-order chi connectivity index (χ1) is 14.9. The van der Waals surface area contributed by atoms with Gasteiger partial charge in [-0.15, -0.1) is 0 Å². The number of anilines is 1. The summed E-state index contributed by atoms with van der Waals surface area (Å²) >= 11 is 0. The van der Waals surface area contributed by atoms with Crippen LogP contribution >= 0.6 is 0 Å². The number of nitrogens with one attached hydrogen (secondary N) is 1. The van der Waals surface area contributed by atoms with E-state index in [-0.39, 0.29) is 6.61 Å². The molecule has 6 nitrogen and oxygen atoms in total. The maximum absolute atomic E-state index is 13.3. The van der Waals surface area contributed by atoms with Gasteiger partial charge in [0.2, 0.25) is 0 Å². The molecule has 2 N–H and O–H groups in total. The lowest BCUT2D eigenvalue weighted by atomic mass is 10.1. The van der Waals surface area contributed by atoms with Crippen molar-refractivity contribution < 1.29 is 23.4 Å². The molecule has 1 unspecified atom stereocenters. The number of hydrogen-bond donors (Lipinski definition) is 2. The van der Waals surface area contributed by atoms with Gasteiger partial charge in [0.1, 0.15) is 42.2 Å². The summed E-state index contributed by atoms with van der Waals surface area (Å²) in [6, 6.07) is 11.3. The van der Waals surface area contributed by atoms with Crippen molar-refractivity contribution in [2.45, 2.75) is 38.8 Å². The molecule has 0 bridgehead atoms. The number of ether oxygens (including phenoxy) is 1. The van der Waals surface area contributed by atoms with E-state index in [0.29, 0.717) is 29.2 Å². The molecule has 3 aromatic rings. The average Bonchev–Trinajstić information content (AvgIpc) is 2.75. The van der Waals surface area contributed by atoms with E-state index in [1.807, 2.05) is 6.92 Å². The van der Waals surface area contributed by atoms with Gasteiger partial charge in [-0.3, -0.25) is 0 Å². The molecule has 0 fully saturated rings. The zero-order valence-corrected chi connectivity index (χ0v) is 17.0. The Kier molecular flexibility index (Phi) is 7.48. The molecule has 2 aromatic carbocycles. The summed E-state index contributed by atoms with van der Waals surface area (Å²) in [6.45, 7) is 2.04. The van der Waals surface area contributed by atoms with Gasteiger partial charge < -0.3 is 15.2 Å². The highest BCUT2D eigenvalue weighted by Gasteiger charge is 2.17. The fourth-order valence-corrected chi connectivity index (χ4v) is 3.02. The Morgan fingerprint density at radius 2 is 1.81 bits per heavy atom. The number of unbranched alkanes of at least 4 members (excludes halogenated alkanes) is 1. The Hall–Kier alpha value is -3.55. The van der Waals surface area contributed by atoms with Gasteiger partial charge in [-0.2, -0.15) is 0 Å². The molecular formula is C23H23F2N3O3. The van der Waals surface area contributed by atoms with Gasteiger partial charge in [-0.25, -0.2) is 23.5 Å². The minimum absolute atomic E-state index is 0.0317. The fourth-order valence-electron chi connectivity index (χ4n) is 3.02. The summed E-state index contributed by atoms with van der Waals surface area (Å²) in [7, 11) is 0. The van der Waals surface area contributed by atoms with Crippen molar-refractivity contribution in [2.75, 3.05) is 5.32 Å². The first-order valence-corrected chi connectivity index (χ1v) is 9.94. The molecule has 31 heavy (non-hydrogen) atoms. The number of carbonyl (C=O) groups is 1. The molecule has 3 rings (SSSR count). The van der Waals surface area contributed by atoms with Crippen LogP contribution in [0.1, 0.15) is 31.7 Å². The Bertz CT molecular complexity index is 1010. The quantitative estimate of drug-likeness (QED) is 0.471. The number of carboxylic acid groups (broad SMARTS) is 1. The Morgan fingerprint density at radius 1 is 1.10 bits per heavy atom. The summed E-state index contributed by atoms with van der Waals surface area (Å²) in [5.41, 5.74) is 1.80. The lowest BCUT2D eigenvalue weighted by Crippen LogP contribution is -2.29. The second-order valence-electron chi connectivity index (χ2n) is 7.06. The summed E-state index contributed by atoms with van der Waals surface area (Å²) in [5, 5.41) is 12.3. The molecule has 0 spiro atoms. The Labute approximate surface area is 178 Å². The largest absolute Gasteiger partial charge is 0.489 e. The van der Waals surface area contributed by atoms with Crippen LogP contribution < -0.4 is 10.1 Å². The zero-order chi connectivity index (χ0) is 22.2.